The highest BCUT2D eigenvalue weighted by Crippen LogP contribution is 2.43. The molecule has 2 aliphatic carbocycles. The zero-order valence-corrected chi connectivity index (χ0v) is 41.0. The summed E-state index contributed by atoms with van der Waals surface area (Å²) in [6.07, 6.45) is 8.47. The van der Waals surface area contributed by atoms with Gasteiger partial charge in [0.15, 0.2) is 0 Å². The van der Waals surface area contributed by atoms with Gasteiger partial charge in [-0.05, 0) is 104 Å². The van der Waals surface area contributed by atoms with Crippen LogP contribution in [0, 0.1) is 15.5 Å². The fraction of sp³-hybridized carbons (Fsp3) is 0.429. The number of sulfonamides is 1. The van der Waals surface area contributed by atoms with Gasteiger partial charge in [0.25, 0.3) is 21.6 Å². The number of carbonyl (C=O) groups excluding carboxylic acids is 1. The van der Waals surface area contributed by atoms with Crippen LogP contribution in [0.15, 0.2) is 100 Å². The molecule has 2 aromatic heterocycles. The van der Waals surface area contributed by atoms with Crippen LogP contribution in [0.3, 0.4) is 0 Å². The second-order valence-electron chi connectivity index (χ2n) is 19.3. The summed E-state index contributed by atoms with van der Waals surface area (Å²) < 4.78 is 53.8. The van der Waals surface area contributed by atoms with Gasteiger partial charge in [-0.25, -0.2) is 26.7 Å². The molecule has 16 nitrogen and oxygen atoms in total. The first-order chi connectivity index (χ1) is 32.5. The zero-order valence-electron chi connectivity index (χ0n) is 38.6. The minimum absolute atomic E-state index is 0.0524. The number of hydrogen-bond acceptors (Lipinski definition) is 13. The lowest BCUT2D eigenvalue weighted by atomic mass is 9.72. The predicted octanol–water partition coefficient (Wildman–Crippen LogP) is 8.57. The van der Waals surface area contributed by atoms with Crippen LogP contribution >= 0.6 is 11.6 Å². The van der Waals surface area contributed by atoms with Crippen molar-refractivity contribution in [2.45, 2.75) is 69.9 Å². The number of halogens is 1. The van der Waals surface area contributed by atoms with Crippen LogP contribution in [-0.4, -0.2) is 119 Å². The molecule has 1 amide bonds. The summed E-state index contributed by atoms with van der Waals surface area (Å²) in [4.78, 5) is 39.6. The number of aromatic amines is 1. The summed E-state index contributed by atoms with van der Waals surface area (Å²) in [6, 6.07) is 20.3. The Bertz CT molecular complexity index is 2980. The summed E-state index contributed by atoms with van der Waals surface area (Å²) in [5, 5.41) is 17.0. The molecule has 19 heteroatoms. The quantitative estimate of drug-likeness (QED) is 0.0669. The van der Waals surface area contributed by atoms with Crippen molar-refractivity contribution >= 4 is 70.9 Å². The number of nitrogens with one attached hydrogen (secondary N) is 3. The molecule has 68 heavy (non-hydrogen) atoms. The van der Waals surface area contributed by atoms with E-state index in [1.807, 2.05) is 25.1 Å². The number of ether oxygens (including phenoxy) is 1. The molecule has 1 atom stereocenters. The lowest BCUT2D eigenvalue weighted by Gasteiger charge is -2.39. The number of allylic oxidation sites excluding steroid dienone is 1. The van der Waals surface area contributed by atoms with Gasteiger partial charge in [0.05, 0.1) is 27.6 Å². The van der Waals surface area contributed by atoms with Gasteiger partial charge in [-0.2, -0.15) is 0 Å². The van der Waals surface area contributed by atoms with Gasteiger partial charge in [-0.15, -0.1) is 0 Å². The molecule has 1 saturated carbocycles. The molecule has 4 aliphatic rings. The average molecular weight is 985 g/mol. The van der Waals surface area contributed by atoms with E-state index < -0.39 is 41.2 Å². The molecule has 3 aromatic carbocycles. The van der Waals surface area contributed by atoms with Gasteiger partial charge in [0.2, 0.25) is 0 Å². The van der Waals surface area contributed by atoms with E-state index >= 15 is 0 Å². The van der Waals surface area contributed by atoms with Crippen molar-refractivity contribution in [3.63, 3.8) is 0 Å². The third-order valence-corrected chi connectivity index (χ3v) is 17.2. The van der Waals surface area contributed by atoms with E-state index in [-0.39, 0.29) is 34.5 Å². The van der Waals surface area contributed by atoms with Gasteiger partial charge in [0, 0.05) is 114 Å². The number of amides is 1. The fourth-order valence-electron chi connectivity index (χ4n) is 9.36. The van der Waals surface area contributed by atoms with E-state index in [1.54, 1.807) is 24.4 Å². The molecule has 3 fully saturated rings. The van der Waals surface area contributed by atoms with Crippen LogP contribution in [0.25, 0.3) is 16.6 Å². The second-order valence-corrected chi connectivity index (χ2v) is 24.0. The molecule has 2 aliphatic heterocycles. The Labute approximate surface area is 402 Å². The number of benzene rings is 3. The van der Waals surface area contributed by atoms with Gasteiger partial charge in [-0.1, -0.05) is 43.2 Å². The molecular formula is C49H58ClN9O7S2. The molecular weight excluding hydrogens is 926 g/mol. The SMILES string of the molecule is C[C@@H](CN1CCS(=O)(=NC2CC2)CC1)Nc1ccc(S(=O)(=O)NC(=O)c2ccc(N3CCN(CC4=C(c5ccc(Cl)cc5)CC(C)(C)CC4)CC3)cc2Oc2cnc3[nH]ccc3c2)cc1[N+](=O)[O-]. The van der Waals surface area contributed by atoms with Gasteiger partial charge < -0.3 is 19.9 Å². The number of nitrogens with zero attached hydrogens (tertiary/aromatic N) is 6. The lowest BCUT2D eigenvalue weighted by molar-refractivity contribution is -0.384. The minimum Gasteiger partial charge on any atom is -0.455 e. The Hall–Kier alpha value is -5.53. The minimum atomic E-state index is -4.61. The van der Waals surface area contributed by atoms with Crippen LogP contribution in [0.4, 0.5) is 17.1 Å². The molecule has 9 rings (SSSR count). The molecule has 4 heterocycles. The Balaban J connectivity index is 0.896. The van der Waals surface area contributed by atoms with E-state index in [2.05, 4.69) is 65.0 Å². The molecule has 5 aromatic rings. The largest absolute Gasteiger partial charge is 0.455 e. The maximum absolute atomic E-state index is 14.0. The Kier molecular flexibility index (Phi) is 13.6. The Morgan fingerprint density at radius 2 is 1.76 bits per heavy atom. The fourth-order valence-corrected chi connectivity index (χ4v) is 12.7. The van der Waals surface area contributed by atoms with E-state index in [4.69, 9.17) is 16.3 Å². The number of nitro groups is 1. The van der Waals surface area contributed by atoms with Crippen molar-refractivity contribution < 1.29 is 27.1 Å². The van der Waals surface area contributed by atoms with Crippen molar-refractivity contribution in [2.24, 2.45) is 9.78 Å². The number of anilines is 2. The Morgan fingerprint density at radius 1 is 1.01 bits per heavy atom. The van der Waals surface area contributed by atoms with E-state index in [0.29, 0.717) is 55.6 Å². The number of hydrogen-bond donors (Lipinski definition) is 3. The van der Waals surface area contributed by atoms with Crippen molar-refractivity contribution in [3.05, 3.63) is 117 Å². The summed E-state index contributed by atoms with van der Waals surface area (Å²) in [5.74, 6) is 0.478. The summed E-state index contributed by atoms with van der Waals surface area (Å²) in [7, 11) is -6.81. The zero-order chi connectivity index (χ0) is 47.8. The predicted molar refractivity (Wildman–Crippen MR) is 268 cm³/mol. The van der Waals surface area contributed by atoms with Gasteiger partial charge >= 0.3 is 0 Å². The van der Waals surface area contributed by atoms with E-state index in [0.717, 1.165) is 73.9 Å². The molecule has 2 saturated heterocycles. The number of H-pyrrole nitrogens is 1. The summed E-state index contributed by atoms with van der Waals surface area (Å²) in [5.41, 5.74) is 5.38. The topological polar surface area (TPSA) is 195 Å². The molecule has 0 spiro atoms. The molecule has 0 unspecified atom stereocenters. The number of fused-ring (bicyclic) bond motifs is 1. The number of nitro benzene ring substituents is 1. The first-order valence-electron chi connectivity index (χ1n) is 23.2. The van der Waals surface area contributed by atoms with Crippen molar-refractivity contribution in [1.82, 2.24) is 24.5 Å². The van der Waals surface area contributed by atoms with Crippen LogP contribution in [0.1, 0.15) is 68.8 Å². The van der Waals surface area contributed by atoms with Crippen LogP contribution < -0.4 is 19.7 Å². The number of piperazine rings is 1. The number of pyridine rings is 1. The highest BCUT2D eigenvalue weighted by Gasteiger charge is 2.32. The number of aromatic nitrogens is 2. The smallest absolute Gasteiger partial charge is 0.293 e. The molecule has 360 valence electrons. The Morgan fingerprint density at radius 3 is 2.49 bits per heavy atom. The van der Waals surface area contributed by atoms with Crippen molar-refractivity contribution in [1.29, 1.82) is 0 Å². The number of rotatable bonds is 15. The third-order valence-electron chi connectivity index (χ3n) is 13.3. The lowest BCUT2D eigenvalue weighted by Crippen LogP contribution is -2.47. The number of carbonyl (C=O) groups is 1. The third kappa shape index (κ3) is 11.3. The second kappa shape index (κ2) is 19.5. The van der Waals surface area contributed by atoms with E-state index in [9.17, 15) is 27.5 Å². The van der Waals surface area contributed by atoms with Crippen molar-refractivity contribution in [3.8, 4) is 11.5 Å². The molecule has 0 bridgehead atoms. The molecule has 3 N–H and O–H groups in total. The first kappa shape index (κ1) is 47.5. The monoisotopic (exact) mass is 983 g/mol. The summed E-state index contributed by atoms with van der Waals surface area (Å²) in [6.45, 7) is 12.2. The molecule has 0 radical (unpaired) electrons. The standard InChI is InChI=1S/C49H58ClN9O7S2/c1-33(31-57-22-24-67(63,25-23-57)54-38-8-9-38)53-44-13-11-41(28-45(44)59(61)62)68(64,65)55-48(60)42-12-10-39(27-46(42)66-40-26-35-15-17-51-47(35)52-30-40)58-20-18-56(19-21-58)32-36-14-16-49(2,3)29-43(36)34-4-6-37(50)7-5-34/h4-7,10-13,15,17,26-28,30,33,38,53H,8-9,14,16,18-25,29,31-32H2,1-3H3,(H,51,52)(H,55,60)/t33-/m0/s1. The highest BCUT2D eigenvalue weighted by molar-refractivity contribution is 7.93. The van der Waals surface area contributed by atoms with E-state index in [1.165, 1.54) is 41.1 Å². The van der Waals surface area contributed by atoms with Gasteiger partial charge in [-0.3, -0.25) is 24.7 Å². The average Bonchev–Trinajstić information content (AvgIpc) is 3.99. The summed E-state index contributed by atoms with van der Waals surface area (Å²) >= 11 is 6.25. The van der Waals surface area contributed by atoms with Crippen LogP contribution in [-0.2, 0) is 19.8 Å². The normalized spacial score (nSPS) is 19.4. The van der Waals surface area contributed by atoms with Crippen LogP contribution in [0.2, 0.25) is 5.02 Å². The highest BCUT2D eigenvalue weighted by atomic mass is 35.5. The van der Waals surface area contributed by atoms with Crippen LogP contribution in [0.5, 0.6) is 11.5 Å². The maximum Gasteiger partial charge on any atom is 0.293 e. The maximum atomic E-state index is 14.0. The van der Waals surface area contributed by atoms with Gasteiger partial charge in [0.1, 0.15) is 22.8 Å². The van der Waals surface area contributed by atoms with Crippen molar-refractivity contribution in [2.75, 3.05) is 74.1 Å². The first-order valence-corrected chi connectivity index (χ1v) is 26.9.